The summed E-state index contributed by atoms with van der Waals surface area (Å²) in [6.45, 7) is 6.64. The van der Waals surface area contributed by atoms with Crippen LogP contribution in [0.1, 0.15) is 25.0 Å². The molecular weight excluding hydrogens is 407 g/mol. The average molecular weight is 429 g/mol. The van der Waals surface area contributed by atoms with Gasteiger partial charge in [-0.15, -0.1) is 0 Å². The first kappa shape index (κ1) is 20.6. The van der Waals surface area contributed by atoms with Crippen LogP contribution in [-0.2, 0) is 14.3 Å². The van der Waals surface area contributed by atoms with Gasteiger partial charge in [-0.3, -0.25) is 9.59 Å². The summed E-state index contributed by atoms with van der Waals surface area (Å²) in [5.41, 5.74) is 2.30. The average Bonchev–Trinajstić information content (AvgIpc) is 2.92. The van der Waals surface area contributed by atoms with Gasteiger partial charge >= 0.3 is 0 Å². The maximum absolute atomic E-state index is 13.6. The Bertz CT molecular complexity index is 1040. The normalized spacial score (nSPS) is 22.3. The molecule has 4 rings (SSSR count). The van der Waals surface area contributed by atoms with Crippen molar-refractivity contribution in [3.8, 4) is 0 Å². The molecule has 0 bridgehead atoms. The summed E-state index contributed by atoms with van der Waals surface area (Å²) in [5, 5.41) is 0.526. The van der Waals surface area contributed by atoms with E-state index in [1.54, 1.807) is 25.1 Å². The summed E-state index contributed by atoms with van der Waals surface area (Å²) >= 11 is 6.06. The van der Waals surface area contributed by atoms with E-state index in [2.05, 4.69) is 0 Å². The number of hydrogen-bond acceptors (Lipinski definition) is 4. The van der Waals surface area contributed by atoms with Crippen LogP contribution in [-0.4, -0.2) is 42.0 Å². The van der Waals surface area contributed by atoms with Crippen molar-refractivity contribution in [2.75, 3.05) is 18.0 Å². The van der Waals surface area contributed by atoms with Gasteiger partial charge in [0.1, 0.15) is 11.5 Å². The molecule has 2 aromatic rings. The number of anilines is 1. The minimum absolute atomic E-state index is 0.0927. The van der Waals surface area contributed by atoms with Crippen molar-refractivity contribution < 1.29 is 18.7 Å². The Labute approximate surface area is 179 Å². The molecule has 0 spiro atoms. The van der Waals surface area contributed by atoms with Gasteiger partial charge in [0.05, 0.1) is 23.5 Å². The zero-order valence-electron chi connectivity index (χ0n) is 17.0. The van der Waals surface area contributed by atoms with Crippen molar-refractivity contribution in [3.63, 3.8) is 0 Å². The first-order valence-electron chi connectivity index (χ1n) is 9.82. The minimum Gasteiger partial charge on any atom is -0.372 e. The fourth-order valence-electron chi connectivity index (χ4n) is 4.14. The molecule has 5 nitrogen and oxygen atoms in total. The second-order valence-electron chi connectivity index (χ2n) is 7.77. The van der Waals surface area contributed by atoms with Gasteiger partial charge in [-0.2, -0.15) is 0 Å². The Morgan fingerprint density at radius 2 is 1.63 bits per heavy atom. The molecular formula is C23H22ClFN2O3. The van der Waals surface area contributed by atoms with E-state index in [1.807, 2.05) is 18.7 Å². The zero-order valence-corrected chi connectivity index (χ0v) is 17.7. The van der Waals surface area contributed by atoms with Gasteiger partial charge < -0.3 is 9.64 Å². The number of carbonyl (C=O) groups is 2. The van der Waals surface area contributed by atoms with Crippen LogP contribution in [0.15, 0.2) is 48.2 Å². The lowest BCUT2D eigenvalue weighted by molar-refractivity contribution is -0.121. The topological polar surface area (TPSA) is 49.9 Å². The fourth-order valence-corrected chi connectivity index (χ4v) is 4.36. The minimum atomic E-state index is -0.432. The lowest BCUT2D eigenvalue weighted by Crippen LogP contribution is -2.47. The summed E-state index contributed by atoms with van der Waals surface area (Å²) in [6.07, 6.45) is -0.185. The van der Waals surface area contributed by atoms with Gasteiger partial charge in [-0.05, 0) is 62.2 Å². The third-order valence-corrected chi connectivity index (χ3v) is 5.56. The summed E-state index contributed by atoms with van der Waals surface area (Å²) < 4.78 is 19.3. The van der Waals surface area contributed by atoms with Crippen LogP contribution in [0.25, 0.3) is 5.57 Å². The van der Waals surface area contributed by atoms with Crippen molar-refractivity contribution in [2.24, 2.45) is 0 Å². The first-order valence-corrected chi connectivity index (χ1v) is 10.2. The van der Waals surface area contributed by atoms with Crippen LogP contribution in [0.3, 0.4) is 0 Å². The summed E-state index contributed by atoms with van der Waals surface area (Å²) in [5.74, 6) is -1.23. The first-order chi connectivity index (χ1) is 14.3. The van der Waals surface area contributed by atoms with Crippen LogP contribution in [0.5, 0.6) is 0 Å². The number of benzene rings is 2. The molecule has 2 unspecified atom stereocenters. The Morgan fingerprint density at radius 3 is 2.23 bits per heavy atom. The van der Waals surface area contributed by atoms with E-state index in [0.29, 0.717) is 40.6 Å². The van der Waals surface area contributed by atoms with Gasteiger partial charge in [0, 0.05) is 18.1 Å². The van der Waals surface area contributed by atoms with E-state index < -0.39 is 17.6 Å². The molecule has 2 aliphatic heterocycles. The highest BCUT2D eigenvalue weighted by atomic mass is 35.5. The van der Waals surface area contributed by atoms with Crippen molar-refractivity contribution in [3.05, 3.63) is 70.1 Å². The van der Waals surface area contributed by atoms with E-state index in [9.17, 15) is 14.0 Å². The Balaban J connectivity index is 1.85. The van der Waals surface area contributed by atoms with E-state index in [4.69, 9.17) is 16.3 Å². The number of nitrogens with zero attached hydrogens (tertiary/aromatic N) is 2. The second-order valence-corrected chi connectivity index (χ2v) is 8.21. The summed E-state index contributed by atoms with van der Waals surface area (Å²) in [7, 11) is 0. The number of rotatable bonds is 3. The highest BCUT2D eigenvalue weighted by molar-refractivity contribution is 6.45. The molecule has 0 saturated carbocycles. The molecule has 7 heteroatoms. The highest BCUT2D eigenvalue weighted by Gasteiger charge is 2.44. The van der Waals surface area contributed by atoms with Crippen LogP contribution >= 0.6 is 11.6 Å². The van der Waals surface area contributed by atoms with Crippen molar-refractivity contribution in [2.45, 2.75) is 33.0 Å². The third-order valence-electron chi connectivity index (χ3n) is 5.33. The molecule has 2 aliphatic rings. The van der Waals surface area contributed by atoms with Crippen LogP contribution in [0.2, 0.25) is 5.02 Å². The molecule has 0 aromatic heterocycles. The molecule has 2 aromatic carbocycles. The molecule has 0 aliphatic carbocycles. The van der Waals surface area contributed by atoms with E-state index in [0.717, 1.165) is 0 Å². The largest absolute Gasteiger partial charge is 0.372 e. The molecule has 156 valence electrons. The number of ether oxygens (including phenoxy) is 1. The molecule has 1 fully saturated rings. The van der Waals surface area contributed by atoms with Crippen molar-refractivity contribution >= 4 is 34.7 Å². The van der Waals surface area contributed by atoms with E-state index in [1.165, 1.54) is 29.2 Å². The smallest absolute Gasteiger partial charge is 0.282 e. The van der Waals surface area contributed by atoms with Gasteiger partial charge in [-0.1, -0.05) is 23.7 Å². The number of aryl methyl sites for hydroxylation is 1. The quantitative estimate of drug-likeness (QED) is 0.688. The van der Waals surface area contributed by atoms with Crippen LogP contribution in [0, 0.1) is 12.7 Å². The Morgan fingerprint density at radius 1 is 1.00 bits per heavy atom. The molecule has 0 radical (unpaired) electrons. The zero-order chi connectivity index (χ0) is 21.6. The van der Waals surface area contributed by atoms with Gasteiger partial charge in [-0.25, -0.2) is 9.29 Å². The number of hydrogen-bond donors (Lipinski definition) is 0. The van der Waals surface area contributed by atoms with Gasteiger partial charge in [0.25, 0.3) is 11.8 Å². The maximum atomic E-state index is 13.6. The number of amides is 2. The summed E-state index contributed by atoms with van der Waals surface area (Å²) in [6, 6.07) is 10.7. The third kappa shape index (κ3) is 3.61. The Hall–Kier alpha value is -2.70. The fraction of sp³-hybridized carbons (Fsp3) is 0.304. The second kappa shape index (κ2) is 7.85. The molecule has 0 N–H and O–H groups in total. The molecule has 30 heavy (non-hydrogen) atoms. The Kier molecular flexibility index (Phi) is 5.38. The standard InChI is InChI=1S/C23H22ClFN2O3/c1-13-10-17(24)6-9-19(13)27-22(28)20(16-4-7-18(25)8-5-16)21(23(27)29)26-11-14(2)30-15(3)12-26/h4-10,14-15H,11-12H2,1-3H3. The van der Waals surface area contributed by atoms with E-state index >= 15 is 0 Å². The number of morpholine rings is 1. The number of carbonyl (C=O) groups excluding carboxylic acids is 2. The molecule has 2 atom stereocenters. The molecule has 2 amide bonds. The summed E-state index contributed by atoms with van der Waals surface area (Å²) in [4.78, 5) is 30.2. The van der Waals surface area contributed by atoms with Crippen molar-refractivity contribution in [1.82, 2.24) is 4.90 Å². The SMILES string of the molecule is Cc1cc(Cl)ccc1N1C(=O)C(c2ccc(F)cc2)=C(N2CC(C)OC(C)C2)C1=O. The van der Waals surface area contributed by atoms with Crippen LogP contribution in [0.4, 0.5) is 10.1 Å². The van der Waals surface area contributed by atoms with Crippen molar-refractivity contribution in [1.29, 1.82) is 0 Å². The predicted molar refractivity (Wildman–Crippen MR) is 114 cm³/mol. The molecule has 1 saturated heterocycles. The highest BCUT2D eigenvalue weighted by Crippen LogP contribution is 2.37. The number of imide groups is 1. The maximum Gasteiger partial charge on any atom is 0.282 e. The predicted octanol–water partition coefficient (Wildman–Crippen LogP) is 4.18. The van der Waals surface area contributed by atoms with Gasteiger partial charge in [0.15, 0.2) is 0 Å². The van der Waals surface area contributed by atoms with E-state index in [-0.39, 0.29) is 17.8 Å². The lowest BCUT2D eigenvalue weighted by Gasteiger charge is -2.37. The lowest BCUT2D eigenvalue weighted by atomic mass is 10.0. The van der Waals surface area contributed by atoms with Crippen LogP contribution < -0.4 is 4.90 Å². The monoisotopic (exact) mass is 428 g/mol. The molecule has 2 heterocycles. The number of halogens is 2. The van der Waals surface area contributed by atoms with Gasteiger partial charge in [0.2, 0.25) is 0 Å².